The van der Waals surface area contributed by atoms with Gasteiger partial charge in [-0.25, -0.2) is 14.8 Å². The number of nitrogens with zero attached hydrogens (tertiary/aromatic N) is 5. The molecular weight excluding hydrogens is 462 g/mol. The quantitative estimate of drug-likeness (QED) is 0.602. The van der Waals surface area contributed by atoms with E-state index in [4.69, 9.17) is 14.5 Å². The van der Waals surface area contributed by atoms with Crippen LogP contribution in [0.5, 0.6) is 0 Å². The SMILES string of the molecule is Cc1cnc(NC(=O)N(C)c2ccc(CN3CCN(C)CC3=O)c(C3OCCO3)n2)cc1NC1CC1. The minimum Gasteiger partial charge on any atom is -0.382 e. The molecule has 11 nitrogen and oxygen atoms in total. The van der Waals surface area contributed by atoms with Gasteiger partial charge in [-0.1, -0.05) is 6.07 Å². The molecule has 0 atom stereocenters. The molecule has 0 unspecified atom stereocenters. The molecule has 2 N–H and O–H groups in total. The van der Waals surface area contributed by atoms with Gasteiger partial charge in [-0.2, -0.15) is 0 Å². The first-order valence-corrected chi connectivity index (χ1v) is 12.3. The van der Waals surface area contributed by atoms with Crippen LogP contribution in [0.3, 0.4) is 0 Å². The average molecular weight is 496 g/mol. The third-order valence-electron chi connectivity index (χ3n) is 6.64. The Morgan fingerprint density at radius 2 is 2.00 bits per heavy atom. The zero-order valence-corrected chi connectivity index (χ0v) is 21.0. The maximum absolute atomic E-state index is 13.0. The molecule has 192 valence electrons. The monoisotopic (exact) mass is 495 g/mol. The highest BCUT2D eigenvalue weighted by Gasteiger charge is 2.28. The summed E-state index contributed by atoms with van der Waals surface area (Å²) in [5.41, 5.74) is 3.43. The lowest BCUT2D eigenvalue weighted by Crippen LogP contribution is -2.48. The van der Waals surface area contributed by atoms with E-state index in [9.17, 15) is 9.59 Å². The maximum Gasteiger partial charge on any atom is 0.328 e. The van der Waals surface area contributed by atoms with Gasteiger partial charge in [0.1, 0.15) is 17.3 Å². The number of amides is 3. The third kappa shape index (κ3) is 5.58. The molecule has 36 heavy (non-hydrogen) atoms. The lowest BCUT2D eigenvalue weighted by molar-refractivity contribution is -0.136. The van der Waals surface area contributed by atoms with Crippen LogP contribution in [-0.2, 0) is 20.8 Å². The van der Waals surface area contributed by atoms with Crippen LogP contribution in [0, 0.1) is 6.92 Å². The number of likely N-dealkylation sites (N-methyl/N-ethyl adjacent to an activating group) is 1. The van der Waals surface area contributed by atoms with Crippen molar-refractivity contribution >= 4 is 29.3 Å². The number of hydrogen-bond acceptors (Lipinski definition) is 8. The number of carbonyl (C=O) groups is 2. The van der Waals surface area contributed by atoms with E-state index in [2.05, 4.69) is 15.6 Å². The van der Waals surface area contributed by atoms with E-state index >= 15 is 0 Å². The van der Waals surface area contributed by atoms with Crippen LogP contribution in [0.1, 0.15) is 36.0 Å². The van der Waals surface area contributed by atoms with Crippen LogP contribution in [0.15, 0.2) is 24.4 Å². The van der Waals surface area contributed by atoms with Gasteiger partial charge in [0, 0.05) is 50.7 Å². The molecule has 1 saturated carbocycles. The summed E-state index contributed by atoms with van der Waals surface area (Å²) in [7, 11) is 3.59. The van der Waals surface area contributed by atoms with Crippen LogP contribution in [0.25, 0.3) is 0 Å². The van der Waals surface area contributed by atoms with Gasteiger partial charge in [0.05, 0.1) is 19.8 Å². The van der Waals surface area contributed by atoms with E-state index in [1.54, 1.807) is 19.3 Å². The zero-order valence-electron chi connectivity index (χ0n) is 21.0. The van der Waals surface area contributed by atoms with Crippen molar-refractivity contribution in [2.24, 2.45) is 0 Å². The number of carbonyl (C=O) groups excluding carboxylic acids is 2. The van der Waals surface area contributed by atoms with E-state index in [1.807, 2.05) is 35.9 Å². The highest BCUT2D eigenvalue weighted by molar-refractivity contribution is 6.00. The van der Waals surface area contributed by atoms with E-state index < -0.39 is 6.29 Å². The topological polar surface area (TPSA) is 112 Å². The normalized spacial score (nSPS) is 19.0. The van der Waals surface area contributed by atoms with Crippen molar-refractivity contribution in [2.45, 2.75) is 38.6 Å². The van der Waals surface area contributed by atoms with Gasteiger partial charge in [-0.05, 0) is 44.0 Å². The van der Waals surface area contributed by atoms with Crippen molar-refractivity contribution in [3.63, 3.8) is 0 Å². The Morgan fingerprint density at radius 3 is 2.72 bits per heavy atom. The summed E-state index contributed by atoms with van der Waals surface area (Å²) in [4.78, 5) is 39.9. The summed E-state index contributed by atoms with van der Waals surface area (Å²) < 4.78 is 11.5. The standard InChI is InChI=1S/C25H33N7O4/c1-16-13-26-20(12-19(16)27-18-5-6-18)28-25(34)31(3)21-7-4-17(23(29-21)24-35-10-11-36-24)14-32-9-8-30(2)15-22(32)33/h4,7,12-13,18,24H,5-6,8-11,14-15H2,1-3H3,(H2,26,27,28,34). The maximum atomic E-state index is 13.0. The first-order valence-electron chi connectivity index (χ1n) is 12.3. The zero-order chi connectivity index (χ0) is 25.2. The van der Waals surface area contributed by atoms with Crippen molar-refractivity contribution in [3.05, 3.63) is 41.2 Å². The number of urea groups is 1. The first kappa shape index (κ1) is 24.4. The molecule has 0 aromatic carbocycles. The third-order valence-corrected chi connectivity index (χ3v) is 6.64. The number of ether oxygens (including phenoxy) is 2. The molecule has 0 bridgehead atoms. The highest BCUT2D eigenvalue weighted by atomic mass is 16.7. The molecule has 0 radical (unpaired) electrons. The summed E-state index contributed by atoms with van der Waals surface area (Å²) in [5.74, 6) is 0.983. The van der Waals surface area contributed by atoms with Crippen molar-refractivity contribution < 1.29 is 19.1 Å². The highest BCUT2D eigenvalue weighted by Crippen LogP contribution is 2.29. The Kier molecular flexibility index (Phi) is 7.04. The fraction of sp³-hybridized carbons (Fsp3) is 0.520. The van der Waals surface area contributed by atoms with Gasteiger partial charge in [0.15, 0.2) is 0 Å². The molecule has 4 heterocycles. The van der Waals surface area contributed by atoms with Gasteiger partial charge in [0.25, 0.3) is 0 Å². The van der Waals surface area contributed by atoms with E-state index in [1.165, 1.54) is 4.90 Å². The molecule has 0 spiro atoms. The number of pyridine rings is 2. The molecule has 3 aliphatic rings. The molecule has 3 amide bonds. The lowest BCUT2D eigenvalue weighted by Gasteiger charge is -2.32. The Bertz CT molecular complexity index is 1130. The van der Waals surface area contributed by atoms with Crippen molar-refractivity contribution in [1.82, 2.24) is 19.8 Å². The lowest BCUT2D eigenvalue weighted by atomic mass is 10.1. The van der Waals surface area contributed by atoms with Gasteiger partial charge in [0.2, 0.25) is 12.2 Å². The van der Waals surface area contributed by atoms with Crippen molar-refractivity contribution in [1.29, 1.82) is 0 Å². The second-order valence-corrected chi connectivity index (χ2v) is 9.63. The summed E-state index contributed by atoms with van der Waals surface area (Å²) >= 11 is 0. The number of anilines is 3. The second kappa shape index (κ2) is 10.4. The Morgan fingerprint density at radius 1 is 1.22 bits per heavy atom. The molecule has 1 aliphatic carbocycles. The van der Waals surface area contributed by atoms with E-state index in [0.717, 1.165) is 36.2 Å². The predicted octanol–water partition coefficient (Wildman–Crippen LogP) is 2.35. The summed E-state index contributed by atoms with van der Waals surface area (Å²) in [6.45, 7) is 5.20. The van der Waals surface area contributed by atoms with Gasteiger partial charge in [-0.3, -0.25) is 19.9 Å². The van der Waals surface area contributed by atoms with Crippen LogP contribution in [-0.4, -0.2) is 84.7 Å². The molecule has 2 aliphatic heterocycles. The summed E-state index contributed by atoms with van der Waals surface area (Å²) in [6, 6.07) is 5.66. The number of rotatable bonds is 7. The van der Waals surface area contributed by atoms with Crippen LogP contribution in [0.2, 0.25) is 0 Å². The Balaban J connectivity index is 1.32. The number of aromatic nitrogens is 2. The molecule has 2 aromatic heterocycles. The van der Waals surface area contributed by atoms with Crippen LogP contribution in [0.4, 0.5) is 22.1 Å². The Labute approximate surface area is 210 Å². The first-order chi connectivity index (χ1) is 17.4. The molecular formula is C25H33N7O4. The van der Waals surface area contributed by atoms with Crippen LogP contribution < -0.4 is 15.5 Å². The smallest absolute Gasteiger partial charge is 0.328 e. The fourth-order valence-corrected chi connectivity index (χ4v) is 4.23. The molecule has 5 rings (SSSR count). The largest absolute Gasteiger partial charge is 0.382 e. The summed E-state index contributed by atoms with van der Waals surface area (Å²) in [5, 5.41) is 6.32. The molecule has 3 fully saturated rings. The van der Waals surface area contributed by atoms with Gasteiger partial charge < -0.3 is 19.7 Å². The summed E-state index contributed by atoms with van der Waals surface area (Å²) in [6.07, 6.45) is 3.44. The molecule has 11 heteroatoms. The Hall–Kier alpha value is -3.28. The molecule has 2 aromatic rings. The van der Waals surface area contributed by atoms with E-state index in [-0.39, 0.29) is 11.9 Å². The number of nitrogens with one attached hydrogen (secondary N) is 2. The van der Waals surface area contributed by atoms with E-state index in [0.29, 0.717) is 56.2 Å². The number of piperazine rings is 1. The van der Waals surface area contributed by atoms with Gasteiger partial charge in [-0.15, -0.1) is 0 Å². The number of hydrogen-bond donors (Lipinski definition) is 2. The fourth-order valence-electron chi connectivity index (χ4n) is 4.23. The van der Waals surface area contributed by atoms with Gasteiger partial charge >= 0.3 is 6.03 Å². The minimum absolute atomic E-state index is 0.0738. The molecule has 2 saturated heterocycles. The second-order valence-electron chi connectivity index (χ2n) is 9.63. The van der Waals surface area contributed by atoms with Crippen molar-refractivity contribution in [2.75, 3.05) is 62.5 Å². The van der Waals surface area contributed by atoms with Crippen LogP contribution >= 0.6 is 0 Å². The number of aryl methyl sites for hydroxylation is 1. The predicted molar refractivity (Wildman–Crippen MR) is 135 cm³/mol. The average Bonchev–Trinajstić information content (AvgIpc) is 3.51. The van der Waals surface area contributed by atoms with Crippen molar-refractivity contribution in [3.8, 4) is 0 Å². The minimum atomic E-state index is -0.631.